The summed E-state index contributed by atoms with van der Waals surface area (Å²) in [5.74, 6) is 1.11. The van der Waals surface area contributed by atoms with Crippen molar-refractivity contribution in [3.05, 3.63) is 27.7 Å². The molecular weight excluding hydrogens is 293 g/mol. The first kappa shape index (κ1) is 15.6. The SMILES string of the molecule is COC.O=Cc1cc(N2CCCS2)cc(Cl)c1Cl. The minimum absolute atomic E-state index is 0.333. The number of halogens is 2. The smallest absolute Gasteiger partial charge is 0.151 e. The van der Waals surface area contributed by atoms with E-state index >= 15 is 0 Å². The van der Waals surface area contributed by atoms with Gasteiger partial charge in [-0.2, -0.15) is 0 Å². The second-order valence-corrected chi connectivity index (χ2v) is 5.54. The fourth-order valence-electron chi connectivity index (χ4n) is 1.48. The fourth-order valence-corrected chi connectivity index (χ4v) is 2.84. The van der Waals surface area contributed by atoms with Crippen molar-refractivity contribution in [1.82, 2.24) is 0 Å². The zero-order chi connectivity index (χ0) is 13.5. The molecule has 1 saturated heterocycles. The lowest BCUT2D eigenvalue weighted by Crippen LogP contribution is -2.09. The van der Waals surface area contributed by atoms with E-state index in [0.717, 1.165) is 30.7 Å². The van der Waals surface area contributed by atoms with Crippen molar-refractivity contribution in [3.63, 3.8) is 0 Å². The van der Waals surface area contributed by atoms with Gasteiger partial charge in [0, 0.05) is 37.8 Å². The minimum atomic E-state index is 0.333. The Labute approximate surface area is 122 Å². The number of methoxy groups -OCH3 is 1. The van der Waals surface area contributed by atoms with E-state index in [-0.39, 0.29) is 0 Å². The number of benzene rings is 1. The van der Waals surface area contributed by atoms with Crippen LogP contribution in [0.4, 0.5) is 5.69 Å². The quantitative estimate of drug-likeness (QED) is 0.611. The molecule has 0 aromatic heterocycles. The lowest BCUT2D eigenvalue weighted by molar-refractivity contribution is 0.112. The van der Waals surface area contributed by atoms with Gasteiger partial charge in [0.1, 0.15) is 0 Å². The molecule has 2 rings (SSSR count). The second-order valence-electron chi connectivity index (χ2n) is 3.65. The van der Waals surface area contributed by atoms with Crippen LogP contribution in [0.15, 0.2) is 12.1 Å². The third kappa shape index (κ3) is 4.05. The number of aldehydes is 1. The van der Waals surface area contributed by atoms with Crippen LogP contribution in [0.3, 0.4) is 0 Å². The van der Waals surface area contributed by atoms with Crippen LogP contribution in [-0.2, 0) is 4.74 Å². The molecule has 0 amide bonds. The van der Waals surface area contributed by atoms with Crippen molar-refractivity contribution in [2.75, 3.05) is 30.8 Å². The van der Waals surface area contributed by atoms with Crippen LogP contribution in [0.5, 0.6) is 0 Å². The summed E-state index contributed by atoms with van der Waals surface area (Å²) in [7, 11) is 3.25. The van der Waals surface area contributed by atoms with Crippen molar-refractivity contribution >= 4 is 47.1 Å². The summed E-state index contributed by atoms with van der Waals surface area (Å²) in [5, 5.41) is 0.767. The number of carbonyl (C=O) groups is 1. The van der Waals surface area contributed by atoms with Crippen molar-refractivity contribution < 1.29 is 9.53 Å². The van der Waals surface area contributed by atoms with E-state index in [4.69, 9.17) is 23.2 Å². The van der Waals surface area contributed by atoms with Gasteiger partial charge in [0.15, 0.2) is 6.29 Å². The molecule has 1 fully saturated rings. The topological polar surface area (TPSA) is 29.5 Å². The molecule has 1 heterocycles. The molecule has 3 nitrogen and oxygen atoms in total. The third-order valence-electron chi connectivity index (χ3n) is 2.21. The summed E-state index contributed by atoms with van der Waals surface area (Å²) in [5.41, 5.74) is 1.40. The van der Waals surface area contributed by atoms with E-state index in [2.05, 4.69) is 9.04 Å². The molecule has 1 aromatic rings. The molecule has 0 saturated carbocycles. The lowest BCUT2D eigenvalue weighted by Gasteiger charge is -2.17. The van der Waals surface area contributed by atoms with Gasteiger partial charge in [-0.1, -0.05) is 23.2 Å². The zero-order valence-electron chi connectivity index (χ0n) is 10.3. The summed E-state index contributed by atoms with van der Waals surface area (Å²) in [4.78, 5) is 10.8. The molecule has 0 aliphatic carbocycles. The Bertz CT molecular complexity index is 409. The predicted octanol–water partition coefficient (Wildman–Crippen LogP) is 3.93. The van der Waals surface area contributed by atoms with Crippen LogP contribution in [-0.4, -0.2) is 32.8 Å². The molecule has 0 N–H and O–H groups in total. The van der Waals surface area contributed by atoms with Crippen molar-refractivity contribution in [1.29, 1.82) is 0 Å². The first-order valence-electron chi connectivity index (χ1n) is 5.38. The molecule has 0 radical (unpaired) electrons. The predicted molar refractivity (Wildman–Crippen MR) is 79.2 cm³/mol. The number of ether oxygens (including phenoxy) is 1. The highest BCUT2D eigenvalue weighted by Crippen LogP contribution is 2.35. The Morgan fingerprint density at radius 2 is 2.06 bits per heavy atom. The van der Waals surface area contributed by atoms with Crippen LogP contribution >= 0.6 is 35.1 Å². The standard InChI is InChI=1S/C10H9Cl2NOS.C2H6O/c11-9-5-8(13-2-1-3-15-13)4-7(6-14)10(9)12;1-3-2/h4-6H,1-3H2;1-2H3. The summed E-state index contributed by atoms with van der Waals surface area (Å²) >= 11 is 13.6. The number of rotatable bonds is 2. The Morgan fingerprint density at radius 1 is 1.39 bits per heavy atom. The average Bonchev–Trinajstić information content (AvgIpc) is 2.87. The zero-order valence-corrected chi connectivity index (χ0v) is 12.6. The third-order valence-corrected chi connectivity index (χ3v) is 4.20. The van der Waals surface area contributed by atoms with Crippen LogP contribution in [0.1, 0.15) is 16.8 Å². The molecule has 0 spiro atoms. The number of anilines is 1. The van der Waals surface area contributed by atoms with Gasteiger partial charge in [-0.15, -0.1) is 0 Å². The molecule has 0 atom stereocenters. The van der Waals surface area contributed by atoms with Crippen LogP contribution in [0, 0.1) is 0 Å². The Kier molecular flexibility index (Phi) is 6.86. The van der Waals surface area contributed by atoms with Crippen LogP contribution in [0.2, 0.25) is 10.0 Å². The highest BCUT2D eigenvalue weighted by Gasteiger charge is 2.16. The van der Waals surface area contributed by atoms with Gasteiger partial charge in [-0.05, 0) is 30.5 Å². The van der Waals surface area contributed by atoms with Gasteiger partial charge < -0.3 is 9.04 Å². The van der Waals surface area contributed by atoms with Gasteiger partial charge in [0.25, 0.3) is 0 Å². The number of carbonyl (C=O) groups excluding carboxylic acids is 1. The second kappa shape index (κ2) is 7.89. The van der Waals surface area contributed by atoms with Gasteiger partial charge in [-0.25, -0.2) is 0 Å². The monoisotopic (exact) mass is 307 g/mol. The van der Waals surface area contributed by atoms with E-state index in [0.29, 0.717) is 15.6 Å². The van der Waals surface area contributed by atoms with E-state index < -0.39 is 0 Å². The normalized spacial score (nSPS) is 14.1. The van der Waals surface area contributed by atoms with Gasteiger partial charge in [-0.3, -0.25) is 4.79 Å². The highest BCUT2D eigenvalue weighted by atomic mass is 35.5. The summed E-state index contributed by atoms with van der Waals surface area (Å²) < 4.78 is 6.38. The van der Waals surface area contributed by atoms with Crippen LogP contribution in [0.25, 0.3) is 0 Å². The summed E-state index contributed by atoms with van der Waals surface area (Å²) in [6, 6.07) is 3.58. The average molecular weight is 308 g/mol. The number of hydrogen-bond acceptors (Lipinski definition) is 4. The van der Waals surface area contributed by atoms with Crippen molar-refractivity contribution in [2.45, 2.75) is 6.42 Å². The molecule has 0 bridgehead atoms. The largest absolute Gasteiger partial charge is 0.388 e. The lowest BCUT2D eigenvalue weighted by atomic mass is 10.2. The Balaban J connectivity index is 0.000000492. The number of nitrogens with zero attached hydrogens (tertiary/aromatic N) is 1. The summed E-state index contributed by atoms with van der Waals surface area (Å²) in [6.45, 7) is 0.987. The maximum atomic E-state index is 10.8. The maximum Gasteiger partial charge on any atom is 0.151 e. The van der Waals surface area contributed by atoms with E-state index in [1.54, 1.807) is 38.3 Å². The Morgan fingerprint density at radius 3 is 2.56 bits per heavy atom. The van der Waals surface area contributed by atoms with E-state index in [1.807, 2.05) is 0 Å². The van der Waals surface area contributed by atoms with Crippen molar-refractivity contribution in [3.8, 4) is 0 Å². The molecular formula is C12H15Cl2NO2S. The highest BCUT2D eigenvalue weighted by molar-refractivity contribution is 8.00. The fraction of sp³-hybridized carbons (Fsp3) is 0.417. The first-order valence-corrected chi connectivity index (χ1v) is 7.08. The molecule has 100 valence electrons. The molecule has 18 heavy (non-hydrogen) atoms. The molecule has 1 aromatic carbocycles. The molecule has 1 aliphatic rings. The molecule has 0 unspecified atom stereocenters. The van der Waals surface area contributed by atoms with Gasteiger partial charge in [0.2, 0.25) is 0 Å². The van der Waals surface area contributed by atoms with Crippen LogP contribution < -0.4 is 4.31 Å². The van der Waals surface area contributed by atoms with Gasteiger partial charge in [0.05, 0.1) is 10.0 Å². The Hall–Kier alpha value is -0.420. The summed E-state index contributed by atoms with van der Waals surface area (Å²) in [6.07, 6.45) is 1.89. The van der Waals surface area contributed by atoms with Crippen molar-refractivity contribution in [2.24, 2.45) is 0 Å². The van der Waals surface area contributed by atoms with E-state index in [9.17, 15) is 4.79 Å². The maximum absolute atomic E-state index is 10.8. The van der Waals surface area contributed by atoms with E-state index in [1.165, 1.54) is 0 Å². The van der Waals surface area contributed by atoms with Gasteiger partial charge >= 0.3 is 0 Å². The molecule has 6 heteroatoms. The molecule has 1 aliphatic heterocycles. The minimum Gasteiger partial charge on any atom is -0.388 e. The first-order chi connectivity index (χ1) is 8.63. The number of hydrogen-bond donors (Lipinski definition) is 0.